The van der Waals surface area contributed by atoms with Crippen molar-refractivity contribution in [2.75, 3.05) is 0 Å². The average molecular weight is 722 g/mol. The Morgan fingerprint density at radius 3 is 2.09 bits per heavy atom. The predicted molar refractivity (Wildman–Crippen MR) is 186 cm³/mol. The van der Waals surface area contributed by atoms with E-state index in [4.69, 9.17) is 5.10 Å². The Morgan fingerprint density at radius 2 is 1.48 bits per heavy atom. The molecule has 0 bridgehead atoms. The molecule has 0 spiro atoms. The molecule has 1 heterocycles. The molecule has 0 aromatic carbocycles. The Hall–Kier alpha value is -0.0513. The van der Waals surface area contributed by atoms with Gasteiger partial charge in [0.05, 0.1) is 6.10 Å². The zero-order valence-corrected chi connectivity index (χ0v) is 32.6. The summed E-state index contributed by atoms with van der Waals surface area (Å²) in [6, 6.07) is 0. The van der Waals surface area contributed by atoms with Gasteiger partial charge in [0.2, 0.25) is 0 Å². The molecule has 5 aliphatic rings. The third-order valence-corrected chi connectivity index (χ3v) is 29.5. The SMILES string of the molecule is CCC[CH2][Sn]([CH2]CCC)([CH2]CCC)[N]1NNN=C1C[C@@H](C)[C@H]1CCC2C3C(O)[C@H](CC)[C@@H]4C[C@H](O)CC[C@]4(C)C3CC[C@@]21C. The van der Waals surface area contributed by atoms with Crippen LogP contribution in [0.15, 0.2) is 5.10 Å². The molecular weight excluding hydrogens is 651 g/mol. The van der Waals surface area contributed by atoms with E-state index in [1.807, 2.05) is 0 Å². The van der Waals surface area contributed by atoms with Gasteiger partial charge in [0.15, 0.2) is 0 Å². The summed E-state index contributed by atoms with van der Waals surface area (Å²) >= 11 is -2.70. The molecule has 0 saturated heterocycles. The Bertz CT molecular complexity index is 957. The Morgan fingerprint density at radius 1 is 0.864 bits per heavy atom. The topological polar surface area (TPSA) is 80.1 Å². The molecule has 6 nitrogen and oxygen atoms in total. The molecule has 0 aromatic rings. The molecule has 7 heteroatoms. The van der Waals surface area contributed by atoms with Gasteiger partial charge in [0.25, 0.3) is 0 Å². The van der Waals surface area contributed by atoms with Crippen LogP contribution in [0.1, 0.15) is 145 Å². The molecule has 4 unspecified atom stereocenters. The fourth-order valence-corrected chi connectivity index (χ4v) is 27.9. The van der Waals surface area contributed by atoms with Crippen molar-refractivity contribution in [3.63, 3.8) is 0 Å². The van der Waals surface area contributed by atoms with E-state index < -0.39 is 18.7 Å². The minimum atomic E-state index is -2.70. The van der Waals surface area contributed by atoms with E-state index in [9.17, 15) is 10.2 Å². The van der Waals surface area contributed by atoms with Crippen LogP contribution in [0.5, 0.6) is 0 Å². The molecule has 0 radical (unpaired) electrons. The van der Waals surface area contributed by atoms with E-state index in [0.717, 1.165) is 32.1 Å². The van der Waals surface area contributed by atoms with Gasteiger partial charge in [-0.2, -0.15) is 0 Å². The van der Waals surface area contributed by atoms with Crippen molar-refractivity contribution in [1.29, 1.82) is 0 Å². The van der Waals surface area contributed by atoms with Crippen molar-refractivity contribution < 1.29 is 10.2 Å². The number of hydrogen-bond acceptors (Lipinski definition) is 6. The third kappa shape index (κ3) is 6.27. The van der Waals surface area contributed by atoms with Gasteiger partial charge in [-0.05, 0) is 0 Å². The molecular formula is C37H70N4O2Sn. The number of unbranched alkanes of at least 4 members (excludes halogenated alkanes) is 3. The standard InChI is InChI=1S/C25H43N4O2.3C4H9.Sn/c1-5-16-20-13-15(30)8-10-25(20,4)19-9-11-24(3)17(6-7-18(24)22(19)23(16)31)14(2)12-21-26-28-29-27-21;3*1-3-4-2;/h14-20,22-23,28-31H,5-13H2,1-4H3;3*1,3-4H2,2H3;/q-1;;;;+1/t14-,15-,16-,17-,18?,19?,20+,22?,23?,24-,25-;;;;/m1..../s1. The number of hydrazone groups is 1. The first-order chi connectivity index (χ1) is 21.1. The first-order valence-electron chi connectivity index (χ1n) is 19.3. The second-order valence-electron chi connectivity index (χ2n) is 16.9. The number of fused-ring (bicyclic) bond motifs is 5. The number of nitrogens with one attached hydrogen (secondary N) is 2. The predicted octanol–water partition coefficient (Wildman–Crippen LogP) is 8.62. The molecule has 4 saturated carbocycles. The first kappa shape index (κ1) is 35.3. The summed E-state index contributed by atoms with van der Waals surface area (Å²) in [5.74, 6) is 5.07. The van der Waals surface area contributed by atoms with Crippen LogP contribution in [-0.4, -0.2) is 50.1 Å². The Balaban J connectivity index is 1.35. The van der Waals surface area contributed by atoms with E-state index >= 15 is 0 Å². The number of amidine groups is 1. The molecule has 4 fully saturated rings. The number of hydrogen-bond donors (Lipinski definition) is 4. The molecule has 5 rings (SSSR count). The van der Waals surface area contributed by atoms with Crippen LogP contribution in [0, 0.1) is 52.3 Å². The number of rotatable bonds is 14. The van der Waals surface area contributed by atoms with Crippen LogP contribution >= 0.6 is 0 Å². The van der Waals surface area contributed by atoms with E-state index in [1.165, 1.54) is 83.4 Å². The summed E-state index contributed by atoms with van der Waals surface area (Å²) in [4.78, 5) is 0. The quantitative estimate of drug-likeness (QED) is 0.135. The first-order valence-corrected chi connectivity index (χ1v) is 26.7. The molecule has 0 aromatic heterocycles. The van der Waals surface area contributed by atoms with Crippen LogP contribution in [0.4, 0.5) is 0 Å². The monoisotopic (exact) mass is 722 g/mol. The maximum absolute atomic E-state index is 12.1. The van der Waals surface area contributed by atoms with Crippen molar-refractivity contribution in [2.24, 2.45) is 57.4 Å². The van der Waals surface area contributed by atoms with E-state index in [1.54, 1.807) is 0 Å². The van der Waals surface area contributed by atoms with Crippen LogP contribution in [0.25, 0.3) is 0 Å². The van der Waals surface area contributed by atoms with E-state index in [-0.39, 0.29) is 17.6 Å². The van der Waals surface area contributed by atoms with E-state index in [2.05, 4.69) is 62.8 Å². The van der Waals surface area contributed by atoms with Gasteiger partial charge in [0.1, 0.15) is 0 Å². The van der Waals surface area contributed by atoms with Gasteiger partial charge in [-0.25, -0.2) is 0 Å². The number of aliphatic hydroxyl groups excluding tert-OH is 2. The van der Waals surface area contributed by atoms with Crippen molar-refractivity contribution >= 4 is 24.5 Å². The Labute approximate surface area is 275 Å². The zero-order valence-electron chi connectivity index (χ0n) is 29.7. The third-order valence-electron chi connectivity index (χ3n) is 14.7. The summed E-state index contributed by atoms with van der Waals surface area (Å²) < 4.78 is 7.03. The van der Waals surface area contributed by atoms with Gasteiger partial charge in [0, 0.05) is 0 Å². The van der Waals surface area contributed by atoms with Crippen molar-refractivity contribution in [2.45, 2.75) is 170 Å². The Kier molecular flexibility index (Phi) is 11.7. The van der Waals surface area contributed by atoms with Crippen molar-refractivity contribution in [1.82, 2.24) is 14.3 Å². The number of aliphatic hydroxyl groups is 2. The summed E-state index contributed by atoms with van der Waals surface area (Å²) in [5, 5.41) is 27.8. The fraction of sp³-hybridized carbons (Fsp3) is 0.973. The number of hydrazine groups is 2. The van der Waals surface area contributed by atoms with Crippen LogP contribution in [0.2, 0.25) is 13.3 Å². The number of nitrogens with zero attached hydrogens (tertiary/aromatic N) is 2. The molecule has 4 N–H and O–H groups in total. The van der Waals surface area contributed by atoms with Gasteiger partial charge in [-0.15, -0.1) is 0 Å². The van der Waals surface area contributed by atoms with Gasteiger partial charge in [-0.1, -0.05) is 0 Å². The fourth-order valence-electron chi connectivity index (χ4n) is 12.4. The average Bonchev–Trinajstić information content (AvgIpc) is 3.62. The van der Waals surface area contributed by atoms with Gasteiger partial charge in [-0.3, -0.25) is 0 Å². The molecule has 254 valence electrons. The second kappa shape index (κ2) is 14.6. The molecule has 11 atom stereocenters. The summed E-state index contributed by atoms with van der Waals surface area (Å²) in [6.45, 7) is 17.1. The summed E-state index contributed by atoms with van der Waals surface area (Å²) in [5.41, 5.74) is 7.49. The molecule has 1 aliphatic heterocycles. The second-order valence-corrected chi connectivity index (χ2v) is 29.5. The van der Waals surface area contributed by atoms with Crippen LogP contribution < -0.4 is 11.1 Å². The zero-order chi connectivity index (χ0) is 31.7. The minimum absolute atomic E-state index is 0.173. The summed E-state index contributed by atoms with van der Waals surface area (Å²) in [6.07, 6.45) is 17.8. The van der Waals surface area contributed by atoms with Crippen LogP contribution in [-0.2, 0) is 0 Å². The summed E-state index contributed by atoms with van der Waals surface area (Å²) in [7, 11) is 0. The molecule has 44 heavy (non-hydrogen) atoms. The maximum atomic E-state index is 12.1. The van der Waals surface area contributed by atoms with Gasteiger partial charge < -0.3 is 5.11 Å². The van der Waals surface area contributed by atoms with Crippen LogP contribution in [0.3, 0.4) is 0 Å². The van der Waals surface area contributed by atoms with Crippen molar-refractivity contribution in [3.05, 3.63) is 0 Å². The van der Waals surface area contributed by atoms with Gasteiger partial charge >= 0.3 is 265 Å². The van der Waals surface area contributed by atoms with E-state index in [0.29, 0.717) is 46.8 Å². The molecule has 0 amide bonds. The normalized spacial score (nSPS) is 41.0. The molecule has 4 aliphatic carbocycles. The van der Waals surface area contributed by atoms with Crippen molar-refractivity contribution in [3.8, 4) is 0 Å².